The van der Waals surface area contributed by atoms with Gasteiger partial charge in [0.05, 0.1) is 6.10 Å². The summed E-state index contributed by atoms with van der Waals surface area (Å²) in [4.78, 5) is 0. The maximum atomic E-state index is 5.59. The van der Waals surface area contributed by atoms with Crippen molar-refractivity contribution in [1.29, 1.82) is 0 Å². The summed E-state index contributed by atoms with van der Waals surface area (Å²) in [7, 11) is 0. The van der Waals surface area contributed by atoms with E-state index in [-0.39, 0.29) is 0 Å². The van der Waals surface area contributed by atoms with Crippen molar-refractivity contribution < 1.29 is 4.74 Å². The molecule has 0 aromatic heterocycles. The first-order valence-corrected chi connectivity index (χ1v) is 5.94. The Hall–Kier alpha value is -0.380. The molecule has 15 heavy (non-hydrogen) atoms. The highest BCUT2D eigenvalue weighted by molar-refractivity contribution is 4.89. The molecule has 0 spiro atoms. The molecular weight excluding hydrogens is 188 g/mol. The number of hydrogen-bond donors (Lipinski definition) is 2. The molecule has 0 aliphatic carbocycles. The van der Waals surface area contributed by atoms with E-state index in [1.54, 1.807) is 0 Å². The van der Waals surface area contributed by atoms with Crippen molar-refractivity contribution in [3.8, 4) is 0 Å². The Morgan fingerprint density at radius 1 is 1.60 bits per heavy atom. The molecule has 1 saturated heterocycles. The lowest BCUT2D eigenvalue weighted by molar-refractivity contribution is 0.0993. The zero-order valence-corrected chi connectivity index (χ0v) is 9.80. The number of rotatable bonds is 7. The van der Waals surface area contributed by atoms with Crippen LogP contribution in [-0.2, 0) is 4.74 Å². The summed E-state index contributed by atoms with van der Waals surface area (Å²) < 4.78 is 5.59. The summed E-state index contributed by atoms with van der Waals surface area (Å²) in [5, 5.41) is 0. The highest BCUT2D eigenvalue weighted by Gasteiger charge is 2.17. The van der Waals surface area contributed by atoms with Gasteiger partial charge in [-0.3, -0.25) is 11.3 Å². The Morgan fingerprint density at radius 2 is 2.40 bits per heavy atom. The van der Waals surface area contributed by atoms with Crippen LogP contribution in [0.15, 0.2) is 12.2 Å². The minimum absolute atomic E-state index is 0.408. The number of hydrazine groups is 1. The van der Waals surface area contributed by atoms with Gasteiger partial charge in [-0.05, 0) is 45.4 Å². The molecule has 0 amide bonds. The van der Waals surface area contributed by atoms with Gasteiger partial charge in [0.1, 0.15) is 0 Å². The lowest BCUT2D eigenvalue weighted by Gasteiger charge is -2.17. The van der Waals surface area contributed by atoms with Crippen LogP contribution < -0.4 is 11.3 Å². The average molecular weight is 212 g/mol. The largest absolute Gasteiger partial charge is 0.378 e. The fraction of sp³-hybridized carbons (Fsp3) is 0.833. The lowest BCUT2D eigenvalue weighted by atomic mass is 10.0. The number of ether oxygens (including phenoxy) is 1. The SMILES string of the molecule is C=C(C)CCC(CCC1CCCO1)NN. The van der Waals surface area contributed by atoms with E-state index in [1.165, 1.54) is 18.4 Å². The van der Waals surface area contributed by atoms with Crippen molar-refractivity contribution in [3.63, 3.8) is 0 Å². The number of hydrogen-bond acceptors (Lipinski definition) is 3. The van der Waals surface area contributed by atoms with Crippen molar-refractivity contribution in [2.75, 3.05) is 6.61 Å². The second-order valence-electron chi connectivity index (χ2n) is 4.57. The summed E-state index contributed by atoms with van der Waals surface area (Å²) in [6, 6.07) is 0.408. The Bertz CT molecular complexity index is 188. The van der Waals surface area contributed by atoms with E-state index in [4.69, 9.17) is 10.6 Å². The molecule has 0 saturated carbocycles. The van der Waals surface area contributed by atoms with Crippen molar-refractivity contribution in [1.82, 2.24) is 5.43 Å². The Balaban J connectivity index is 2.12. The molecule has 3 nitrogen and oxygen atoms in total. The Morgan fingerprint density at radius 3 is 2.93 bits per heavy atom. The molecule has 1 fully saturated rings. The number of allylic oxidation sites excluding steroid dienone is 1. The molecule has 3 heteroatoms. The van der Waals surface area contributed by atoms with Gasteiger partial charge in [0.25, 0.3) is 0 Å². The molecule has 1 aliphatic heterocycles. The molecule has 2 atom stereocenters. The first-order chi connectivity index (χ1) is 7.22. The molecule has 0 aromatic carbocycles. The van der Waals surface area contributed by atoms with Crippen molar-refractivity contribution >= 4 is 0 Å². The smallest absolute Gasteiger partial charge is 0.0576 e. The van der Waals surface area contributed by atoms with Gasteiger partial charge < -0.3 is 4.74 Å². The molecule has 1 rings (SSSR count). The van der Waals surface area contributed by atoms with Crippen LogP contribution in [0.4, 0.5) is 0 Å². The van der Waals surface area contributed by atoms with Crippen LogP contribution in [0.5, 0.6) is 0 Å². The highest BCUT2D eigenvalue weighted by atomic mass is 16.5. The highest BCUT2D eigenvalue weighted by Crippen LogP contribution is 2.19. The molecule has 0 radical (unpaired) electrons. The van der Waals surface area contributed by atoms with Crippen LogP contribution in [0.2, 0.25) is 0 Å². The second-order valence-corrected chi connectivity index (χ2v) is 4.57. The van der Waals surface area contributed by atoms with E-state index < -0.39 is 0 Å². The van der Waals surface area contributed by atoms with Gasteiger partial charge >= 0.3 is 0 Å². The predicted octanol–water partition coefficient (Wildman–Crippen LogP) is 2.13. The molecule has 1 heterocycles. The van der Waals surface area contributed by atoms with E-state index in [9.17, 15) is 0 Å². The maximum absolute atomic E-state index is 5.59. The minimum Gasteiger partial charge on any atom is -0.378 e. The minimum atomic E-state index is 0.408. The molecule has 2 unspecified atom stereocenters. The van der Waals surface area contributed by atoms with Gasteiger partial charge in [0.15, 0.2) is 0 Å². The van der Waals surface area contributed by atoms with Gasteiger partial charge in [0, 0.05) is 12.6 Å². The third-order valence-corrected chi connectivity index (χ3v) is 3.02. The summed E-state index contributed by atoms with van der Waals surface area (Å²) in [6.07, 6.45) is 7.29. The zero-order chi connectivity index (χ0) is 11.1. The molecule has 88 valence electrons. The average Bonchev–Trinajstić information content (AvgIpc) is 2.70. The zero-order valence-electron chi connectivity index (χ0n) is 9.80. The van der Waals surface area contributed by atoms with E-state index in [0.717, 1.165) is 32.3 Å². The Labute approximate surface area is 93.0 Å². The summed E-state index contributed by atoms with van der Waals surface area (Å²) in [5.41, 5.74) is 4.11. The van der Waals surface area contributed by atoms with Crippen LogP contribution >= 0.6 is 0 Å². The molecule has 3 N–H and O–H groups in total. The standard InChI is InChI=1S/C12H24N2O/c1-10(2)5-6-11(14-13)7-8-12-4-3-9-15-12/h11-12,14H,1,3-9,13H2,2H3. The van der Waals surface area contributed by atoms with Crippen LogP contribution in [-0.4, -0.2) is 18.8 Å². The third-order valence-electron chi connectivity index (χ3n) is 3.02. The summed E-state index contributed by atoms with van der Waals surface area (Å²) >= 11 is 0. The molecule has 0 bridgehead atoms. The topological polar surface area (TPSA) is 47.3 Å². The van der Waals surface area contributed by atoms with E-state index in [1.807, 2.05) is 0 Å². The first-order valence-electron chi connectivity index (χ1n) is 5.94. The van der Waals surface area contributed by atoms with Crippen LogP contribution in [0.25, 0.3) is 0 Å². The second kappa shape index (κ2) is 6.99. The fourth-order valence-corrected chi connectivity index (χ4v) is 1.99. The predicted molar refractivity (Wildman–Crippen MR) is 63.4 cm³/mol. The molecule has 1 aliphatic rings. The summed E-state index contributed by atoms with van der Waals surface area (Å²) in [6.45, 7) is 6.91. The van der Waals surface area contributed by atoms with Gasteiger partial charge in [-0.2, -0.15) is 0 Å². The quantitative estimate of drug-likeness (QED) is 0.386. The maximum Gasteiger partial charge on any atom is 0.0576 e. The number of nitrogens with one attached hydrogen (secondary N) is 1. The van der Waals surface area contributed by atoms with Crippen molar-refractivity contribution in [2.45, 2.75) is 57.6 Å². The van der Waals surface area contributed by atoms with Gasteiger partial charge in [-0.1, -0.05) is 5.57 Å². The van der Waals surface area contributed by atoms with Crippen molar-refractivity contribution in [2.24, 2.45) is 5.84 Å². The third kappa shape index (κ3) is 5.30. The Kier molecular flexibility index (Phi) is 5.91. The normalized spacial score (nSPS) is 22.9. The molecular formula is C12H24N2O. The van der Waals surface area contributed by atoms with E-state index >= 15 is 0 Å². The van der Waals surface area contributed by atoms with Gasteiger partial charge in [0.2, 0.25) is 0 Å². The van der Waals surface area contributed by atoms with E-state index in [2.05, 4.69) is 18.9 Å². The summed E-state index contributed by atoms with van der Waals surface area (Å²) in [5.74, 6) is 5.52. The molecule has 0 aromatic rings. The van der Waals surface area contributed by atoms with Gasteiger partial charge in [-0.15, -0.1) is 6.58 Å². The monoisotopic (exact) mass is 212 g/mol. The van der Waals surface area contributed by atoms with Crippen LogP contribution in [0, 0.1) is 0 Å². The fourth-order valence-electron chi connectivity index (χ4n) is 1.99. The first kappa shape index (κ1) is 12.7. The van der Waals surface area contributed by atoms with Gasteiger partial charge in [-0.25, -0.2) is 0 Å². The van der Waals surface area contributed by atoms with Crippen molar-refractivity contribution in [3.05, 3.63) is 12.2 Å². The van der Waals surface area contributed by atoms with Crippen LogP contribution in [0.3, 0.4) is 0 Å². The van der Waals surface area contributed by atoms with E-state index in [0.29, 0.717) is 12.1 Å². The van der Waals surface area contributed by atoms with Crippen LogP contribution in [0.1, 0.15) is 45.4 Å². The number of nitrogens with two attached hydrogens (primary N) is 1. The lowest BCUT2D eigenvalue weighted by Crippen LogP contribution is -2.35.